The van der Waals surface area contributed by atoms with Crippen LogP contribution in [0.5, 0.6) is 0 Å². The number of hydrogen-bond acceptors (Lipinski definition) is 8. The number of carbonyl (C=O) groups is 4. The van der Waals surface area contributed by atoms with Gasteiger partial charge in [0, 0.05) is 72.8 Å². The summed E-state index contributed by atoms with van der Waals surface area (Å²) in [6.07, 6.45) is 4.81. The molecule has 8 nitrogen and oxygen atoms in total. The largest absolute Gasteiger partial charge is 0.512 e. The average Bonchev–Trinajstić information content (AvgIpc) is 3.06. The van der Waals surface area contributed by atoms with Crippen LogP contribution in [0.25, 0.3) is 0 Å². The normalized spacial score (nSPS) is 11.0. The summed E-state index contributed by atoms with van der Waals surface area (Å²) in [5.74, 6) is -0.558. The van der Waals surface area contributed by atoms with Crippen molar-refractivity contribution < 1.29 is 65.8 Å². The van der Waals surface area contributed by atoms with Gasteiger partial charge in [-0.3, -0.25) is 19.2 Å². The van der Waals surface area contributed by atoms with Gasteiger partial charge in [0.05, 0.1) is 23.0 Å². The van der Waals surface area contributed by atoms with E-state index in [2.05, 4.69) is 0 Å². The van der Waals surface area contributed by atoms with Crippen molar-refractivity contribution in [3.05, 3.63) is 191 Å². The topological polar surface area (TPSA) is 149 Å². The van der Waals surface area contributed by atoms with Crippen molar-refractivity contribution in [3.63, 3.8) is 0 Å². The van der Waals surface area contributed by atoms with Crippen molar-refractivity contribution in [3.8, 4) is 0 Å². The van der Waals surface area contributed by atoms with Gasteiger partial charge >= 0.3 is 0 Å². The van der Waals surface area contributed by atoms with Crippen molar-refractivity contribution in [2.75, 3.05) is 0 Å². The van der Waals surface area contributed by atoms with Gasteiger partial charge in [-0.2, -0.15) is 0 Å². The van der Waals surface area contributed by atoms with E-state index in [9.17, 15) is 19.2 Å². The third kappa shape index (κ3) is 20.5. The molecule has 4 aromatic carbocycles. The fraction of sp³-hybridized carbons (Fsp3) is 0.100. The molecule has 252 valence electrons. The van der Waals surface area contributed by atoms with Crippen LogP contribution >= 0.6 is 0 Å². The maximum Gasteiger partial charge on any atom is 0.189 e. The van der Waals surface area contributed by atoms with Crippen LogP contribution in [0, 0.1) is 0 Å². The molecule has 0 radical (unpaired) electrons. The van der Waals surface area contributed by atoms with Gasteiger partial charge in [0.1, 0.15) is 0 Å². The first-order chi connectivity index (χ1) is 22.8. The molecule has 49 heavy (non-hydrogen) atoms. The smallest absolute Gasteiger partial charge is 0.189 e. The first kappa shape index (κ1) is 43.6. The van der Waals surface area contributed by atoms with Crippen molar-refractivity contribution in [1.82, 2.24) is 0 Å². The van der Waals surface area contributed by atoms with E-state index in [1.807, 2.05) is 24.3 Å². The number of benzene rings is 4. The molecular weight excluding hydrogens is 700 g/mol. The van der Waals surface area contributed by atoms with E-state index >= 15 is 0 Å². The third-order valence-electron chi connectivity index (χ3n) is 5.59. The average molecular weight is 740 g/mol. The van der Waals surface area contributed by atoms with E-state index in [1.54, 1.807) is 97.1 Å². The molecule has 0 atom stereocenters. The molecule has 0 amide bonds. The first-order valence-corrected chi connectivity index (χ1v) is 14.7. The zero-order valence-corrected chi connectivity index (χ0v) is 30.2. The number of rotatable bonds is 8. The molecule has 0 heterocycles. The van der Waals surface area contributed by atoms with E-state index in [-0.39, 0.29) is 72.4 Å². The van der Waals surface area contributed by atoms with Crippen LogP contribution in [0.3, 0.4) is 0 Å². The van der Waals surface area contributed by atoms with E-state index in [1.165, 1.54) is 52.0 Å². The maximum absolute atomic E-state index is 11.2. The molecular formula is C40H40O8Zr. The third-order valence-corrected chi connectivity index (χ3v) is 5.59. The van der Waals surface area contributed by atoms with Crippen LogP contribution in [0.1, 0.15) is 69.1 Å². The van der Waals surface area contributed by atoms with Crippen molar-refractivity contribution in [2.45, 2.75) is 27.7 Å². The molecule has 0 spiro atoms. The van der Waals surface area contributed by atoms with Gasteiger partial charge in [-0.25, -0.2) is 0 Å². The fourth-order valence-corrected chi connectivity index (χ4v) is 3.50. The Kier molecular flexibility index (Phi) is 22.0. The van der Waals surface area contributed by atoms with Crippen LogP contribution < -0.4 is 0 Å². The monoisotopic (exact) mass is 738 g/mol. The van der Waals surface area contributed by atoms with Gasteiger partial charge in [-0.15, -0.1) is 0 Å². The molecule has 0 aliphatic carbocycles. The molecule has 0 aromatic heterocycles. The van der Waals surface area contributed by atoms with Crippen molar-refractivity contribution >= 4 is 23.1 Å². The maximum atomic E-state index is 11.2. The minimum Gasteiger partial charge on any atom is -0.512 e. The molecule has 0 aliphatic heterocycles. The van der Waals surface area contributed by atoms with Crippen LogP contribution in [-0.4, -0.2) is 43.6 Å². The first-order valence-electron chi connectivity index (χ1n) is 14.7. The van der Waals surface area contributed by atoms with Crippen LogP contribution in [0.4, 0.5) is 0 Å². The summed E-state index contributed by atoms with van der Waals surface area (Å²) in [5, 5.41) is 35.3. The minimum absolute atomic E-state index is 0. The Labute approximate surface area is 306 Å². The van der Waals surface area contributed by atoms with Gasteiger partial charge in [0.2, 0.25) is 0 Å². The molecule has 0 unspecified atom stereocenters. The van der Waals surface area contributed by atoms with Gasteiger partial charge in [-0.1, -0.05) is 121 Å². The second-order valence-electron chi connectivity index (χ2n) is 10.1. The quantitative estimate of drug-likeness (QED) is 0.0794. The minimum atomic E-state index is -0.171. The summed E-state index contributed by atoms with van der Waals surface area (Å²) in [5.41, 5.74) is 2.36. The summed E-state index contributed by atoms with van der Waals surface area (Å²) in [7, 11) is 0. The zero-order valence-electron chi connectivity index (χ0n) is 27.8. The van der Waals surface area contributed by atoms with E-state index < -0.39 is 0 Å². The number of allylic oxidation sites excluding steroid dienone is 8. The van der Waals surface area contributed by atoms with Crippen LogP contribution in [0.2, 0.25) is 0 Å². The number of ketones is 4. The molecule has 9 heteroatoms. The molecule has 0 aliphatic rings. The number of aliphatic hydroxyl groups is 4. The predicted molar refractivity (Wildman–Crippen MR) is 189 cm³/mol. The Morgan fingerprint density at radius 3 is 0.612 bits per heavy atom. The second-order valence-corrected chi connectivity index (χ2v) is 10.1. The summed E-state index contributed by atoms with van der Waals surface area (Å²) < 4.78 is 0. The number of hydrogen-bond donors (Lipinski definition) is 4. The van der Waals surface area contributed by atoms with E-state index in [4.69, 9.17) is 20.4 Å². The fourth-order valence-electron chi connectivity index (χ4n) is 3.50. The molecule has 4 aromatic rings. The van der Waals surface area contributed by atoms with Gasteiger partial charge in [0.25, 0.3) is 0 Å². The molecule has 0 fully saturated rings. The molecule has 4 N–H and O–H groups in total. The Hall–Kier alpha value is -5.40. The molecule has 4 rings (SSSR count). The van der Waals surface area contributed by atoms with Gasteiger partial charge < -0.3 is 20.4 Å². The Morgan fingerprint density at radius 2 is 0.490 bits per heavy atom. The van der Waals surface area contributed by atoms with Crippen molar-refractivity contribution in [2.24, 2.45) is 0 Å². The number of carbonyl (C=O) groups excluding carboxylic acids is 4. The van der Waals surface area contributed by atoms with Crippen molar-refractivity contribution in [1.29, 1.82) is 0 Å². The second kappa shape index (κ2) is 24.7. The van der Waals surface area contributed by atoms with E-state index in [0.717, 1.165) is 0 Å². The summed E-state index contributed by atoms with van der Waals surface area (Å²) in [6, 6.07) is 35.3. The Bertz CT molecular complexity index is 1450. The van der Waals surface area contributed by atoms with Crippen LogP contribution in [-0.2, 0) is 26.2 Å². The van der Waals surface area contributed by atoms with Gasteiger partial charge in [-0.05, 0) is 27.7 Å². The number of aliphatic hydroxyl groups excluding tert-OH is 4. The predicted octanol–water partition coefficient (Wildman–Crippen LogP) is 9.32. The summed E-state index contributed by atoms with van der Waals surface area (Å²) in [6.45, 7) is 5.89. The standard InChI is InChI=1S/4C10H10O2.Zr/c4*1-8(11)7-10(12)9-5-3-2-4-6-9;/h4*2-7,11H,1H3;. The van der Waals surface area contributed by atoms with E-state index in [0.29, 0.717) is 22.3 Å². The SMILES string of the molecule is CC(O)=CC(=O)c1ccccc1.CC(O)=CC(=O)c1ccccc1.CC(O)=CC(=O)c1ccccc1.CC(O)=CC(=O)c1ccccc1.[Zr]. The molecule has 0 saturated heterocycles. The summed E-state index contributed by atoms with van der Waals surface area (Å²) >= 11 is 0. The van der Waals surface area contributed by atoms with Crippen LogP contribution in [0.15, 0.2) is 169 Å². The summed E-state index contributed by atoms with van der Waals surface area (Å²) in [4.78, 5) is 44.9. The molecule has 0 saturated carbocycles. The zero-order chi connectivity index (χ0) is 35.9. The molecule has 0 bridgehead atoms. The Morgan fingerprint density at radius 1 is 0.347 bits per heavy atom. The van der Waals surface area contributed by atoms with Gasteiger partial charge in [0.15, 0.2) is 23.1 Å². The Balaban J connectivity index is 0.000000623.